The van der Waals surface area contributed by atoms with Crippen LogP contribution in [0.3, 0.4) is 0 Å². The molecule has 2 aromatic carbocycles. The average Bonchev–Trinajstić information content (AvgIpc) is 3.11. The van der Waals surface area contributed by atoms with Gasteiger partial charge in [0.25, 0.3) is 17.7 Å². The Hall–Kier alpha value is -3.99. The molecule has 0 radical (unpaired) electrons. The summed E-state index contributed by atoms with van der Waals surface area (Å²) in [5.41, 5.74) is 3.15. The van der Waals surface area contributed by atoms with E-state index in [9.17, 15) is 19.2 Å². The Balaban J connectivity index is 1.46. The number of aryl methyl sites for hydroxylation is 2. The molecule has 3 amide bonds. The van der Waals surface area contributed by atoms with Crippen molar-refractivity contribution in [1.29, 1.82) is 5.26 Å². The van der Waals surface area contributed by atoms with Gasteiger partial charge in [-0.2, -0.15) is 5.26 Å². The number of amides is 3. The van der Waals surface area contributed by atoms with E-state index >= 15 is 0 Å². The quantitative estimate of drug-likeness (QED) is 0.425. The Morgan fingerprint density at radius 3 is 2.33 bits per heavy atom. The van der Waals surface area contributed by atoms with Gasteiger partial charge in [-0.3, -0.25) is 19.3 Å². The van der Waals surface area contributed by atoms with Crippen LogP contribution in [0.25, 0.3) is 0 Å². The van der Waals surface area contributed by atoms with Gasteiger partial charge in [0.1, 0.15) is 0 Å². The van der Waals surface area contributed by atoms with Gasteiger partial charge in [-0.1, -0.05) is 25.3 Å². The van der Waals surface area contributed by atoms with E-state index in [1.165, 1.54) is 28.0 Å². The summed E-state index contributed by atoms with van der Waals surface area (Å²) < 4.78 is 5.27. The maximum Gasteiger partial charge on any atom is 0.338 e. The smallest absolute Gasteiger partial charge is 0.338 e. The first-order valence-corrected chi connectivity index (χ1v) is 12.2. The molecule has 8 nitrogen and oxygen atoms in total. The Morgan fingerprint density at radius 2 is 1.67 bits per heavy atom. The molecular formula is C28H29N3O5. The number of benzene rings is 2. The van der Waals surface area contributed by atoms with Gasteiger partial charge in [0.2, 0.25) is 0 Å². The van der Waals surface area contributed by atoms with E-state index in [1.54, 1.807) is 0 Å². The highest BCUT2D eigenvalue weighted by atomic mass is 16.5. The van der Waals surface area contributed by atoms with Crippen molar-refractivity contribution in [2.45, 2.75) is 58.4 Å². The van der Waals surface area contributed by atoms with E-state index < -0.39 is 18.5 Å². The van der Waals surface area contributed by atoms with Crippen LogP contribution in [-0.4, -0.2) is 47.8 Å². The lowest BCUT2D eigenvalue weighted by atomic mass is 9.94. The molecular weight excluding hydrogens is 458 g/mol. The van der Waals surface area contributed by atoms with Crippen molar-refractivity contribution in [3.8, 4) is 6.07 Å². The molecule has 1 aliphatic heterocycles. The second-order valence-electron chi connectivity index (χ2n) is 9.41. The first-order chi connectivity index (χ1) is 17.3. The van der Waals surface area contributed by atoms with Gasteiger partial charge in [0.05, 0.1) is 29.2 Å². The number of hydrogen-bond donors (Lipinski definition) is 0. The minimum absolute atomic E-state index is 0.100. The maximum atomic E-state index is 13.0. The van der Waals surface area contributed by atoms with Gasteiger partial charge in [0.15, 0.2) is 6.61 Å². The molecule has 0 atom stereocenters. The highest BCUT2D eigenvalue weighted by Crippen LogP contribution is 2.31. The molecule has 2 aromatic rings. The molecule has 0 spiro atoms. The van der Waals surface area contributed by atoms with Crippen LogP contribution in [-0.2, 0) is 9.53 Å². The Labute approximate surface area is 210 Å². The van der Waals surface area contributed by atoms with Crippen LogP contribution in [0.4, 0.5) is 5.69 Å². The van der Waals surface area contributed by atoms with Crippen molar-refractivity contribution in [1.82, 2.24) is 4.90 Å². The van der Waals surface area contributed by atoms with E-state index in [-0.39, 0.29) is 47.5 Å². The Bertz CT molecular complexity index is 1240. The topological polar surface area (TPSA) is 108 Å². The minimum Gasteiger partial charge on any atom is -0.452 e. The number of ether oxygens (including phenoxy) is 1. The first kappa shape index (κ1) is 25.1. The molecule has 0 aromatic heterocycles. The van der Waals surface area contributed by atoms with Crippen molar-refractivity contribution < 1.29 is 23.9 Å². The van der Waals surface area contributed by atoms with Gasteiger partial charge in [0, 0.05) is 18.3 Å². The third kappa shape index (κ3) is 5.15. The zero-order chi connectivity index (χ0) is 25.8. The van der Waals surface area contributed by atoms with Gasteiger partial charge < -0.3 is 9.64 Å². The molecule has 186 valence electrons. The van der Waals surface area contributed by atoms with E-state index in [0.717, 1.165) is 43.2 Å². The molecule has 8 heteroatoms. The van der Waals surface area contributed by atoms with E-state index in [0.29, 0.717) is 5.69 Å². The number of nitriles is 1. The second kappa shape index (κ2) is 10.7. The number of hydrogen-bond acceptors (Lipinski definition) is 6. The fourth-order valence-corrected chi connectivity index (χ4v) is 5.01. The Morgan fingerprint density at radius 1 is 1.00 bits per heavy atom. The zero-order valence-corrected chi connectivity index (χ0v) is 20.6. The molecule has 1 saturated carbocycles. The summed E-state index contributed by atoms with van der Waals surface area (Å²) >= 11 is 0. The van der Waals surface area contributed by atoms with Crippen molar-refractivity contribution in [3.63, 3.8) is 0 Å². The molecule has 1 fully saturated rings. The van der Waals surface area contributed by atoms with Crippen molar-refractivity contribution in [3.05, 3.63) is 64.2 Å². The van der Waals surface area contributed by atoms with Gasteiger partial charge in [-0.05, 0) is 68.1 Å². The number of carbonyl (C=O) groups excluding carboxylic acids is 4. The normalized spacial score (nSPS) is 15.4. The van der Waals surface area contributed by atoms with Gasteiger partial charge in [-0.25, -0.2) is 4.79 Å². The van der Waals surface area contributed by atoms with Crippen LogP contribution in [0.2, 0.25) is 0 Å². The fourth-order valence-electron chi connectivity index (χ4n) is 5.01. The number of nitrogens with zero attached hydrogens (tertiary/aromatic N) is 3. The third-order valence-corrected chi connectivity index (χ3v) is 6.69. The van der Waals surface area contributed by atoms with Crippen LogP contribution in [0.1, 0.15) is 80.7 Å². The number of fused-ring (bicyclic) bond motifs is 1. The minimum atomic E-state index is -0.761. The van der Waals surface area contributed by atoms with E-state index in [2.05, 4.69) is 0 Å². The standard InChI is InChI=1S/C28H29N3O5/c1-18-13-19(2)15-22(14-18)30(12-6-11-29)25(32)17-36-28(35)20-9-10-23-24(16-20)27(34)31(26(23)33)21-7-4-3-5-8-21/h9-10,13-16,21H,3-8,12,17H2,1-2H3. The zero-order valence-electron chi connectivity index (χ0n) is 20.6. The van der Waals surface area contributed by atoms with Crippen LogP contribution in [0, 0.1) is 25.2 Å². The number of imide groups is 1. The third-order valence-electron chi connectivity index (χ3n) is 6.69. The van der Waals surface area contributed by atoms with Crippen LogP contribution < -0.4 is 4.90 Å². The molecule has 2 aliphatic rings. The SMILES string of the molecule is Cc1cc(C)cc(N(CCC#N)C(=O)COC(=O)c2ccc3c(c2)C(=O)N(C2CCCCC2)C3=O)c1. The number of esters is 1. The second-order valence-corrected chi connectivity index (χ2v) is 9.41. The number of anilines is 1. The van der Waals surface area contributed by atoms with Crippen molar-refractivity contribution in [2.24, 2.45) is 0 Å². The van der Waals surface area contributed by atoms with Crippen LogP contribution >= 0.6 is 0 Å². The Kier molecular flexibility index (Phi) is 7.49. The lowest BCUT2D eigenvalue weighted by Crippen LogP contribution is -2.40. The molecule has 36 heavy (non-hydrogen) atoms. The molecule has 1 heterocycles. The highest BCUT2D eigenvalue weighted by Gasteiger charge is 2.40. The average molecular weight is 488 g/mol. The van der Waals surface area contributed by atoms with Gasteiger partial charge in [-0.15, -0.1) is 0 Å². The number of rotatable bonds is 7. The molecule has 1 aliphatic carbocycles. The molecule has 0 bridgehead atoms. The summed E-state index contributed by atoms with van der Waals surface area (Å²) in [5, 5.41) is 9.01. The summed E-state index contributed by atoms with van der Waals surface area (Å²) in [6.45, 7) is 3.48. The van der Waals surface area contributed by atoms with Crippen molar-refractivity contribution >= 4 is 29.4 Å². The number of carbonyl (C=O) groups is 4. The molecule has 4 rings (SSSR count). The molecule has 0 saturated heterocycles. The monoisotopic (exact) mass is 487 g/mol. The predicted molar refractivity (Wildman–Crippen MR) is 133 cm³/mol. The van der Waals surface area contributed by atoms with E-state index in [4.69, 9.17) is 10.00 Å². The largest absolute Gasteiger partial charge is 0.452 e. The van der Waals surface area contributed by atoms with Crippen LogP contribution in [0.15, 0.2) is 36.4 Å². The van der Waals surface area contributed by atoms with E-state index in [1.807, 2.05) is 38.1 Å². The van der Waals surface area contributed by atoms with Crippen molar-refractivity contribution in [2.75, 3.05) is 18.1 Å². The summed E-state index contributed by atoms with van der Waals surface area (Å²) in [7, 11) is 0. The molecule has 0 unspecified atom stereocenters. The maximum absolute atomic E-state index is 13.0. The first-order valence-electron chi connectivity index (χ1n) is 12.2. The lowest BCUT2D eigenvalue weighted by Gasteiger charge is -2.29. The summed E-state index contributed by atoms with van der Waals surface area (Å²) in [4.78, 5) is 54.3. The lowest BCUT2D eigenvalue weighted by molar-refractivity contribution is -0.121. The highest BCUT2D eigenvalue weighted by molar-refractivity contribution is 6.22. The predicted octanol–water partition coefficient (Wildman–Crippen LogP) is 4.34. The summed E-state index contributed by atoms with van der Waals surface area (Å²) in [5.74, 6) is -1.92. The van der Waals surface area contributed by atoms with Crippen LogP contribution in [0.5, 0.6) is 0 Å². The fraction of sp³-hybridized carbons (Fsp3) is 0.393. The van der Waals surface area contributed by atoms with Gasteiger partial charge >= 0.3 is 5.97 Å². The summed E-state index contributed by atoms with van der Waals surface area (Å²) in [6, 6.07) is 11.9. The molecule has 0 N–H and O–H groups in total. The summed E-state index contributed by atoms with van der Waals surface area (Å²) in [6.07, 6.45) is 4.79.